The van der Waals surface area contributed by atoms with Crippen molar-refractivity contribution >= 4 is 11.9 Å². The Kier molecular flexibility index (Phi) is 4.37. The molecule has 0 aliphatic carbocycles. The Hall–Kier alpha value is -1.10. The first-order valence-electron chi connectivity index (χ1n) is 7.67. The summed E-state index contributed by atoms with van der Waals surface area (Å²) < 4.78 is 0. The van der Waals surface area contributed by atoms with E-state index >= 15 is 0 Å². The van der Waals surface area contributed by atoms with Crippen molar-refractivity contribution < 1.29 is 14.7 Å². The molecule has 2 saturated heterocycles. The molecular formula is C15H26N2O3. The predicted molar refractivity (Wildman–Crippen MR) is 76.4 cm³/mol. The largest absolute Gasteiger partial charge is 0.481 e. The number of carboxylic acid groups (broad SMARTS) is 1. The van der Waals surface area contributed by atoms with Crippen LogP contribution in [0, 0.1) is 10.8 Å². The summed E-state index contributed by atoms with van der Waals surface area (Å²) in [6.07, 6.45) is 3.82. The normalized spacial score (nSPS) is 34.2. The highest BCUT2D eigenvalue weighted by atomic mass is 16.4. The predicted octanol–water partition coefficient (Wildman–Crippen LogP) is 1.48. The van der Waals surface area contributed by atoms with Crippen molar-refractivity contribution in [3.8, 4) is 0 Å². The van der Waals surface area contributed by atoms with Crippen molar-refractivity contribution in [3.05, 3.63) is 0 Å². The Balaban J connectivity index is 2.13. The molecule has 20 heavy (non-hydrogen) atoms. The highest BCUT2D eigenvalue weighted by molar-refractivity contribution is 5.84. The average Bonchev–Trinajstić information content (AvgIpc) is 2.86. The van der Waals surface area contributed by atoms with E-state index in [2.05, 4.69) is 5.32 Å². The molecule has 2 fully saturated rings. The van der Waals surface area contributed by atoms with Crippen molar-refractivity contribution in [2.45, 2.75) is 46.0 Å². The van der Waals surface area contributed by atoms with Gasteiger partial charge in [-0.1, -0.05) is 13.3 Å². The summed E-state index contributed by atoms with van der Waals surface area (Å²) in [7, 11) is 0. The third kappa shape index (κ3) is 2.68. The number of hydrogen-bond donors (Lipinski definition) is 2. The van der Waals surface area contributed by atoms with Crippen LogP contribution in [0.1, 0.15) is 46.0 Å². The first kappa shape index (κ1) is 15.3. The maximum atomic E-state index is 12.7. The van der Waals surface area contributed by atoms with Crippen molar-refractivity contribution in [3.63, 3.8) is 0 Å². The lowest BCUT2D eigenvalue weighted by Crippen LogP contribution is -2.53. The van der Waals surface area contributed by atoms with Crippen molar-refractivity contribution in [1.29, 1.82) is 0 Å². The monoisotopic (exact) mass is 282 g/mol. The number of carbonyl (C=O) groups is 2. The summed E-state index contributed by atoms with van der Waals surface area (Å²) in [5.74, 6) is -0.615. The van der Waals surface area contributed by atoms with Gasteiger partial charge in [0.05, 0.1) is 10.8 Å². The van der Waals surface area contributed by atoms with E-state index in [0.29, 0.717) is 32.5 Å². The van der Waals surface area contributed by atoms with Crippen LogP contribution in [0.5, 0.6) is 0 Å². The van der Waals surface area contributed by atoms with Crippen LogP contribution in [0.4, 0.5) is 0 Å². The van der Waals surface area contributed by atoms with Gasteiger partial charge in [-0.3, -0.25) is 9.59 Å². The fourth-order valence-corrected chi connectivity index (χ4v) is 3.65. The molecule has 2 atom stereocenters. The van der Waals surface area contributed by atoms with Crippen LogP contribution in [0.2, 0.25) is 0 Å². The molecule has 0 spiro atoms. The molecule has 0 aromatic rings. The van der Waals surface area contributed by atoms with E-state index in [0.717, 1.165) is 25.8 Å². The zero-order valence-corrected chi connectivity index (χ0v) is 12.6. The van der Waals surface area contributed by atoms with Crippen LogP contribution in [0.25, 0.3) is 0 Å². The molecule has 2 aliphatic rings. The van der Waals surface area contributed by atoms with Gasteiger partial charge in [0, 0.05) is 19.6 Å². The highest BCUT2D eigenvalue weighted by Crippen LogP contribution is 2.37. The summed E-state index contributed by atoms with van der Waals surface area (Å²) in [6, 6.07) is 0. The minimum atomic E-state index is -0.744. The molecule has 5 heteroatoms. The second-order valence-corrected chi connectivity index (χ2v) is 6.65. The van der Waals surface area contributed by atoms with E-state index in [1.807, 2.05) is 13.8 Å². The lowest BCUT2D eigenvalue weighted by molar-refractivity contribution is -0.157. The minimum Gasteiger partial charge on any atom is -0.481 e. The maximum Gasteiger partial charge on any atom is 0.311 e. The lowest BCUT2D eigenvalue weighted by Gasteiger charge is -2.42. The number of rotatable bonds is 4. The Labute approximate surface area is 120 Å². The second kappa shape index (κ2) is 5.72. The molecule has 1 amide bonds. The summed E-state index contributed by atoms with van der Waals surface area (Å²) >= 11 is 0. The van der Waals surface area contributed by atoms with Gasteiger partial charge in [0.1, 0.15) is 0 Å². The van der Waals surface area contributed by atoms with Crippen LogP contribution in [0.3, 0.4) is 0 Å². The number of aliphatic carboxylic acids is 1. The molecule has 0 bridgehead atoms. The van der Waals surface area contributed by atoms with Gasteiger partial charge in [-0.05, 0) is 39.2 Å². The maximum absolute atomic E-state index is 12.7. The standard InChI is InChI=1S/C15H26N2O3/c1-3-5-15(13(19)20)6-4-9-17(11-15)12(18)14(2)7-8-16-10-14/h16H,3-11H2,1-2H3,(H,19,20). The number of nitrogens with zero attached hydrogens (tertiary/aromatic N) is 1. The van der Waals surface area contributed by atoms with E-state index in [4.69, 9.17) is 0 Å². The number of carboxylic acids is 1. The van der Waals surface area contributed by atoms with Gasteiger partial charge in [-0.15, -0.1) is 0 Å². The number of nitrogens with one attached hydrogen (secondary N) is 1. The molecule has 5 nitrogen and oxygen atoms in total. The van der Waals surface area contributed by atoms with Crippen LogP contribution in [0.15, 0.2) is 0 Å². The van der Waals surface area contributed by atoms with Crippen LogP contribution >= 0.6 is 0 Å². The molecule has 0 aromatic heterocycles. The minimum absolute atomic E-state index is 0.129. The van der Waals surface area contributed by atoms with Crippen molar-refractivity contribution in [1.82, 2.24) is 10.2 Å². The van der Waals surface area contributed by atoms with Gasteiger partial charge in [-0.2, -0.15) is 0 Å². The molecule has 0 radical (unpaired) electrons. The van der Waals surface area contributed by atoms with Gasteiger partial charge >= 0.3 is 5.97 Å². The van der Waals surface area contributed by atoms with E-state index < -0.39 is 11.4 Å². The van der Waals surface area contributed by atoms with Crippen LogP contribution in [-0.4, -0.2) is 48.1 Å². The molecule has 2 aliphatic heterocycles. The van der Waals surface area contributed by atoms with Gasteiger partial charge in [-0.25, -0.2) is 0 Å². The molecule has 2 unspecified atom stereocenters. The summed E-state index contributed by atoms with van der Waals surface area (Å²) in [5, 5.41) is 12.8. The van der Waals surface area contributed by atoms with Gasteiger partial charge in [0.15, 0.2) is 0 Å². The smallest absolute Gasteiger partial charge is 0.311 e. The zero-order chi connectivity index (χ0) is 14.8. The Bertz CT molecular complexity index is 387. The SMILES string of the molecule is CCCC1(C(=O)O)CCCN(C(=O)C2(C)CCNC2)C1. The zero-order valence-electron chi connectivity index (χ0n) is 12.6. The number of likely N-dealkylation sites (tertiary alicyclic amines) is 1. The fraction of sp³-hybridized carbons (Fsp3) is 0.867. The van der Waals surface area contributed by atoms with Crippen molar-refractivity contribution in [2.75, 3.05) is 26.2 Å². The first-order valence-corrected chi connectivity index (χ1v) is 7.67. The number of hydrogen-bond acceptors (Lipinski definition) is 3. The van der Waals surface area contributed by atoms with Crippen LogP contribution in [-0.2, 0) is 9.59 Å². The summed E-state index contributed by atoms with van der Waals surface area (Å²) in [6.45, 7) is 6.66. The van der Waals surface area contributed by atoms with Gasteiger partial charge in [0.25, 0.3) is 0 Å². The molecule has 2 rings (SSSR count). The van der Waals surface area contributed by atoms with E-state index in [-0.39, 0.29) is 11.3 Å². The van der Waals surface area contributed by atoms with Gasteiger partial charge in [0.2, 0.25) is 5.91 Å². The number of amides is 1. The highest BCUT2D eigenvalue weighted by Gasteiger charge is 2.46. The third-order valence-electron chi connectivity index (χ3n) is 4.93. The van der Waals surface area contributed by atoms with E-state index in [1.165, 1.54) is 0 Å². The third-order valence-corrected chi connectivity index (χ3v) is 4.93. The molecule has 0 aromatic carbocycles. The number of piperidine rings is 1. The molecule has 2 heterocycles. The Morgan fingerprint density at radius 2 is 2.10 bits per heavy atom. The van der Waals surface area contributed by atoms with Crippen molar-refractivity contribution in [2.24, 2.45) is 10.8 Å². The number of carbonyl (C=O) groups excluding carboxylic acids is 1. The molecule has 114 valence electrons. The molecule has 2 N–H and O–H groups in total. The van der Waals surface area contributed by atoms with E-state index in [1.54, 1.807) is 4.90 Å². The van der Waals surface area contributed by atoms with Gasteiger partial charge < -0.3 is 15.3 Å². The van der Waals surface area contributed by atoms with E-state index in [9.17, 15) is 14.7 Å². The first-order chi connectivity index (χ1) is 9.43. The average molecular weight is 282 g/mol. The Morgan fingerprint density at radius 3 is 2.65 bits per heavy atom. The fourth-order valence-electron chi connectivity index (χ4n) is 3.65. The Morgan fingerprint density at radius 1 is 1.35 bits per heavy atom. The second-order valence-electron chi connectivity index (χ2n) is 6.65. The summed E-state index contributed by atoms with van der Waals surface area (Å²) in [5.41, 5.74) is -1.08. The summed E-state index contributed by atoms with van der Waals surface area (Å²) in [4.78, 5) is 26.2. The molecule has 0 saturated carbocycles. The lowest BCUT2D eigenvalue weighted by atomic mass is 9.75. The topological polar surface area (TPSA) is 69.6 Å². The van der Waals surface area contributed by atoms with Crippen LogP contribution < -0.4 is 5.32 Å². The quantitative estimate of drug-likeness (QED) is 0.819. The molecular weight excluding hydrogens is 256 g/mol.